The molecule has 194 valence electrons. The van der Waals surface area contributed by atoms with Crippen LogP contribution in [0.25, 0.3) is 0 Å². The van der Waals surface area contributed by atoms with Gasteiger partial charge in [0.1, 0.15) is 5.60 Å². The number of likely N-dealkylation sites (tertiary alicyclic amines) is 1. The molecule has 0 bridgehead atoms. The molecule has 3 rings (SSSR count). The molecule has 3 saturated heterocycles. The zero-order chi connectivity index (χ0) is 25.9. The van der Waals surface area contributed by atoms with Crippen LogP contribution in [-0.4, -0.2) is 84.2 Å². The van der Waals surface area contributed by atoms with Crippen LogP contribution in [0.1, 0.15) is 46.0 Å². The Morgan fingerprint density at radius 1 is 1.24 bits per heavy atom. The van der Waals surface area contributed by atoms with Crippen molar-refractivity contribution < 1.29 is 55.7 Å². The number of ether oxygens (including phenoxy) is 1. The van der Waals surface area contributed by atoms with Gasteiger partial charge in [0.25, 0.3) is 6.47 Å². The minimum atomic E-state index is -5.08. The summed E-state index contributed by atoms with van der Waals surface area (Å²) in [6, 6.07) is 0.662. The van der Waals surface area contributed by atoms with Gasteiger partial charge < -0.3 is 20.3 Å². The predicted octanol–water partition coefficient (Wildman–Crippen LogP) is 3.06. The van der Waals surface area contributed by atoms with Crippen LogP contribution in [-0.2, 0) is 19.1 Å². The van der Waals surface area contributed by atoms with E-state index in [9.17, 15) is 31.1 Å². The monoisotopic (exact) mass is 496 g/mol. The van der Waals surface area contributed by atoms with Gasteiger partial charge in [-0.05, 0) is 59.2 Å². The molecule has 0 aromatic rings. The molecule has 33 heavy (non-hydrogen) atoms. The van der Waals surface area contributed by atoms with Gasteiger partial charge in [-0.1, -0.05) is 0 Å². The van der Waals surface area contributed by atoms with Gasteiger partial charge in [-0.3, -0.25) is 14.5 Å². The van der Waals surface area contributed by atoms with Gasteiger partial charge in [0.05, 0.1) is 5.41 Å². The minimum absolute atomic E-state index is 0.0520. The highest BCUT2D eigenvalue weighted by Gasteiger charge is 2.54. The van der Waals surface area contributed by atoms with Gasteiger partial charge >= 0.3 is 24.8 Å². The highest BCUT2D eigenvalue weighted by Crippen LogP contribution is 2.46. The fraction of sp³-hybridized carbons (Fsp3) is 0.842. The van der Waals surface area contributed by atoms with Crippen LogP contribution in [0.2, 0.25) is 0 Å². The quantitative estimate of drug-likeness (QED) is 0.288. The minimum Gasteiger partial charge on any atom is -0.483 e. The molecule has 0 aromatic heterocycles. The van der Waals surface area contributed by atoms with Crippen molar-refractivity contribution in [3.63, 3.8) is 0 Å². The van der Waals surface area contributed by atoms with E-state index in [0.29, 0.717) is 6.04 Å². The van der Waals surface area contributed by atoms with Crippen LogP contribution in [0.4, 0.5) is 26.3 Å². The van der Waals surface area contributed by atoms with Gasteiger partial charge in [0.15, 0.2) is 0 Å². The van der Waals surface area contributed by atoms with Gasteiger partial charge in [-0.25, -0.2) is 4.79 Å². The van der Waals surface area contributed by atoms with Crippen molar-refractivity contribution in [2.24, 2.45) is 5.41 Å². The van der Waals surface area contributed by atoms with Crippen molar-refractivity contribution in [2.75, 3.05) is 26.2 Å². The van der Waals surface area contributed by atoms with Crippen molar-refractivity contribution in [3.8, 4) is 0 Å². The lowest BCUT2D eigenvalue weighted by Crippen LogP contribution is -2.52. The maximum Gasteiger partial charge on any atom is 0.490 e. The SMILES string of the molecule is CC1(C)CC2(CCCN(C3CCNCC3)C2)C(=O)O1.FC(F)F.O=C(O)C(F)(F)F.O=CO. The van der Waals surface area contributed by atoms with Gasteiger partial charge in [-0.15, -0.1) is 0 Å². The summed E-state index contributed by atoms with van der Waals surface area (Å²) >= 11 is 0. The molecule has 0 saturated carbocycles. The molecular weight excluding hydrogens is 466 g/mol. The first-order valence-corrected chi connectivity index (χ1v) is 10.1. The summed E-state index contributed by atoms with van der Waals surface area (Å²) in [6.45, 7) is 4.47. The molecule has 3 fully saturated rings. The van der Waals surface area contributed by atoms with E-state index in [1.165, 1.54) is 12.8 Å². The number of carbonyl (C=O) groups excluding carboxylic acids is 1. The Balaban J connectivity index is 0.000000608. The molecule has 3 aliphatic rings. The average molecular weight is 496 g/mol. The Kier molecular flexibility index (Phi) is 12.7. The lowest BCUT2D eigenvalue weighted by Gasteiger charge is -2.43. The number of nitrogens with zero attached hydrogens (tertiary/aromatic N) is 1. The normalized spacial score (nSPS) is 24.9. The number of carboxylic acid groups (broad SMARTS) is 2. The van der Waals surface area contributed by atoms with Crippen LogP contribution in [0.3, 0.4) is 0 Å². The van der Waals surface area contributed by atoms with Crippen molar-refractivity contribution in [2.45, 2.75) is 70.4 Å². The largest absolute Gasteiger partial charge is 0.490 e. The number of rotatable bonds is 1. The summed E-state index contributed by atoms with van der Waals surface area (Å²) in [7, 11) is 0. The van der Waals surface area contributed by atoms with Gasteiger partial charge in [0, 0.05) is 19.0 Å². The summed E-state index contributed by atoms with van der Waals surface area (Å²) in [5.74, 6) is -2.70. The number of piperidine rings is 2. The van der Waals surface area contributed by atoms with Gasteiger partial charge in [0.2, 0.25) is 0 Å². The maximum absolute atomic E-state index is 12.3. The second-order valence-electron chi connectivity index (χ2n) is 8.32. The zero-order valence-electron chi connectivity index (χ0n) is 18.3. The van der Waals surface area contributed by atoms with E-state index < -0.39 is 18.8 Å². The smallest absolute Gasteiger partial charge is 0.483 e. The predicted molar refractivity (Wildman–Crippen MR) is 103 cm³/mol. The second-order valence-corrected chi connectivity index (χ2v) is 8.32. The Morgan fingerprint density at radius 2 is 1.70 bits per heavy atom. The summed E-state index contributed by atoms with van der Waals surface area (Å²) in [4.78, 5) is 32.2. The Bertz CT molecular complexity index is 626. The fourth-order valence-corrected chi connectivity index (χ4v) is 4.24. The molecule has 3 N–H and O–H groups in total. The number of hydrogen-bond acceptors (Lipinski definition) is 6. The summed E-state index contributed by atoms with van der Waals surface area (Å²) < 4.78 is 66.3. The number of carbonyl (C=O) groups is 3. The highest BCUT2D eigenvalue weighted by atomic mass is 19.4. The number of alkyl halides is 6. The molecule has 1 atom stereocenters. The molecule has 3 heterocycles. The maximum atomic E-state index is 12.3. The average Bonchev–Trinajstić information content (AvgIpc) is 2.90. The standard InChI is InChI=1S/C15H26N2O2.C2HF3O2.CHF3.CH2O2/c1-14(2)10-15(13(18)19-14)6-3-9-17(11-15)12-4-7-16-8-5-12;3-2(4,5)1(6)7;2-1(3)4;2-1-3/h12,16H,3-11H2,1-2H3;(H,6,7);1H;1H,(H,2,3). The molecule has 14 heteroatoms. The van der Waals surface area contributed by atoms with Crippen LogP contribution < -0.4 is 5.32 Å². The van der Waals surface area contributed by atoms with E-state index in [0.717, 1.165) is 45.4 Å². The van der Waals surface area contributed by atoms with Crippen molar-refractivity contribution in [1.82, 2.24) is 10.2 Å². The molecule has 1 unspecified atom stereocenters. The first-order valence-electron chi connectivity index (χ1n) is 10.1. The van der Waals surface area contributed by atoms with Crippen molar-refractivity contribution in [3.05, 3.63) is 0 Å². The summed E-state index contributed by atoms with van der Waals surface area (Å²) in [6.07, 6.45) is 0.384. The van der Waals surface area contributed by atoms with Gasteiger partial charge in [-0.2, -0.15) is 26.3 Å². The van der Waals surface area contributed by atoms with E-state index in [4.69, 9.17) is 24.5 Å². The molecule has 0 aromatic carbocycles. The van der Waals surface area contributed by atoms with Crippen LogP contribution in [0.5, 0.6) is 0 Å². The molecule has 0 radical (unpaired) electrons. The van der Waals surface area contributed by atoms with E-state index in [1.54, 1.807) is 0 Å². The van der Waals surface area contributed by atoms with Crippen LogP contribution in [0.15, 0.2) is 0 Å². The number of carboxylic acids is 1. The Hall–Kier alpha value is -2.09. The summed E-state index contributed by atoms with van der Waals surface area (Å²) in [5, 5.41) is 17.4. The number of cyclic esters (lactones) is 1. The third-order valence-corrected chi connectivity index (χ3v) is 5.24. The van der Waals surface area contributed by atoms with E-state index in [2.05, 4.69) is 10.2 Å². The summed E-state index contributed by atoms with van der Waals surface area (Å²) in [5.41, 5.74) is -0.485. The Labute approximate surface area is 187 Å². The third kappa shape index (κ3) is 11.6. The Morgan fingerprint density at radius 3 is 2.06 bits per heavy atom. The topological polar surface area (TPSA) is 116 Å². The number of aliphatic carboxylic acids is 1. The van der Waals surface area contributed by atoms with Crippen molar-refractivity contribution in [1.29, 1.82) is 0 Å². The molecule has 3 aliphatic heterocycles. The van der Waals surface area contributed by atoms with E-state index >= 15 is 0 Å². The lowest BCUT2D eigenvalue weighted by atomic mass is 9.74. The van der Waals surface area contributed by atoms with Crippen LogP contribution >= 0.6 is 0 Å². The first kappa shape index (κ1) is 30.9. The fourth-order valence-electron chi connectivity index (χ4n) is 4.24. The van der Waals surface area contributed by atoms with Crippen LogP contribution in [0, 0.1) is 5.41 Å². The van der Waals surface area contributed by atoms with E-state index in [-0.39, 0.29) is 23.5 Å². The van der Waals surface area contributed by atoms with Crippen molar-refractivity contribution >= 4 is 18.4 Å². The molecule has 1 spiro atoms. The number of halogens is 6. The van der Waals surface area contributed by atoms with E-state index in [1.807, 2.05) is 13.8 Å². The number of nitrogens with one attached hydrogen (secondary N) is 1. The lowest BCUT2D eigenvalue weighted by molar-refractivity contribution is -0.192. The number of hydrogen-bond donors (Lipinski definition) is 3. The molecule has 0 amide bonds. The molecular formula is C19H30F6N2O6. The molecule has 8 nitrogen and oxygen atoms in total. The first-order chi connectivity index (χ1) is 15.1. The molecule has 0 aliphatic carbocycles. The third-order valence-electron chi connectivity index (χ3n) is 5.24. The zero-order valence-corrected chi connectivity index (χ0v) is 18.3. The number of esters is 1. The second kappa shape index (κ2) is 13.6. The highest BCUT2D eigenvalue weighted by molar-refractivity contribution is 5.80.